The summed E-state index contributed by atoms with van der Waals surface area (Å²) in [7, 11) is 1.70. The third-order valence-electron chi connectivity index (χ3n) is 5.00. The first-order valence-electron chi connectivity index (χ1n) is 10.7. The fourth-order valence-electron chi connectivity index (χ4n) is 3.30. The summed E-state index contributed by atoms with van der Waals surface area (Å²) in [4.78, 5) is 12.0. The smallest absolute Gasteiger partial charge is 0.328 e. The number of hydrogen-bond donors (Lipinski definition) is 1. The molecule has 0 aliphatic carbocycles. The zero-order valence-corrected chi connectivity index (χ0v) is 20.2. The van der Waals surface area contributed by atoms with E-state index in [0.717, 1.165) is 28.2 Å². The molecule has 1 aromatic carbocycles. The Morgan fingerprint density at radius 2 is 1.87 bits per heavy atom. The van der Waals surface area contributed by atoms with Gasteiger partial charge in [-0.1, -0.05) is 39.8 Å². The van der Waals surface area contributed by atoms with Crippen LogP contribution in [0.15, 0.2) is 41.3 Å². The highest BCUT2D eigenvalue weighted by atomic mass is 32.1. The first kappa shape index (κ1) is 24.9. The minimum absolute atomic E-state index is 0.327. The molecule has 0 fully saturated rings. The van der Waals surface area contributed by atoms with Crippen LogP contribution in [0.4, 0.5) is 0 Å². The molecular weight excluding hydrogens is 408 g/mol. The molecule has 0 spiro atoms. The molecule has 168 valence electrons. The van der Waals surface area contributed by atoms with E-state index in [1.54, 1.807) is 25.4 Å². The Balaban J connectivity index is 2.57. The van der Waals surface area contributed by atoms with Crippen molar-refractivity contribution in [1.29, 1.82) is 0 Å². The van der Waals surface area contributed by atoms with Crippen molar-refractivity contribution in [2.24, 2.45) is 0 Å². The Kier molecular flexibility index (Phi) is 9.53. The maximum Gasteiger partial charge on any atom is 0.328 e. The molecule has 0 amide bonds. The van der Waals surface area contributed by atoms with E-state index < -0.39 is 5.97 Å². The quantitative estimate of drug-likeness (QED) is 0.229. The zero-order valence-electron chi connectivity index (χ0n) is 19.4. The number of methoxy groups -OCH3 is 1. The van der Waals surface area contributed by atoms with Crippen LogP contribution < -0.4 is 4.74 Å². The summed E-state index contributed by atoms with van der Waals surface area (Å²) >= 11 is 1.64. The van der Waals surface area contributed by atoms with Crippen LogP contribution in [-0.2, 0) is 9.53 Å². The largest absolute Gasteiger partial charge is 0.493 e. The van der Waals surface area contributed by atoms with Crippen molar-refractivity contribution in [3.05, 3.63) is 57.3 Å². The molecule has 0 bridgehead atoms. The van der Waals surface area contributed by atoms with Crippen molar-refractivity contribution in [2.75, 3.05) is 20.3 Å². The predicted octanol–water partition coefficient (Wildman–Crippen LogP) is 7.12. The van der Waals surface area contributed by atoms with Gasteiger partial charge in [0.2, 0.25) is 0 Å². The normalized spacial score (nSPS) is 12.3. The standard InChI is InChI=1S/C26H34O4S/c1-17(2)20-15-22(18(3)4)26(30-12-7-11-29-6)23(16-20)21-10-13-31-24(21)9-8-19(5)14-25(27)28/h8-10,13-18H,7,11-12H2,1-6H3,(H,27,28)/b9-8+,19-14+. The lowest BCUT2D eigenvalue weighted by molar-refractivity contribution is -0.131. The molecule has 1 heterocycles. The van der Waals surface area contributed by atoms with E-state index in [1.165, 1.54) is 17.2 Å². The Morgan fingerprint density at radius 3 is 2.48 bits per heavy atom. The molecular formula is C26H34O4S. The Hall–Kier alpha value is -2.37. The number of benzene rings is 1. The van der Waals surface area contributed by atoms with Gasteiger partial charge in [0.1, 0.15) is 5.75 Å². The second-order valence-corrected chi connectivity index (χ2v) is 9.20. The van der Waals surface area contributed by atoms with Crippen molar-refractivity contribution in [1.82, 2.24) is 0 Å². The number of carbonyl (C=O) groups is 1. The van der Waals surface area contributed by atoms with Crippen molar-refractivity contribution in [3.63, 3.8) is 0 Å². The molecule has 0 aliphatic rings. The highest BCUT2D eigenvalue weighted by molar-refractivity contribution is 7.11. The predicted molar refractivity (Wildman–Crippen MR) is 130 cm³/mol. The molecule has 1 aromatic heterocycles. The van der Waals surface area contributed by atoms with Crippen LogP contribution in [0, 0.1) is 0 Å². The lowest BCUT2D eigenvalue weighted by Crippen LogP contribution is -2.07. The highest BCUT2D eigenvalue weighted by Crippen LogP contribution is 2.42. The van der Waals surface area contributed by atoms with Crippen molar-refractivity contribution in [2.45, 2.75) is 52.9 Å². The number of aliphatic carboxylic acids is 1. The Labute approximate surface area is 190 Å². The first-order valence-corrected chi connectivity index (χ1v) is 11.6. The third-order valence-corrected chi connectivity index (χ3v) is 5.88. The van der Waals surface area contributed by atoms with Crippen molar-refractivity contribution in [3.8, 4) is 16.9 Å². The number of allylic oxidation sites excluding steroid dienone is 2. The minimum Gasteiger partial charge on any atom is -0.493 e. The molecule has 1 N–H and O–H groups in total. The molecule has 0 saturated heterocycles. The molecule has 2 aromatic rings. The van der Waals surface area contributed by atoms with Gasteiger partial charge in [0.15, 0.2) is 0 Å². The fraction of sp³-hybridized carbons (Fsp3) is 0.423. The van der Waals surface area contributed by atoms with Crippen LogP contribution in [-0.4, -0.2) is 31.4 Å². The maximum atomic E-state index is 10.9. The van der Waals surface area contributed by atoms with Gasteiger partial charge in [-0.15, -0.1) is 11.3 Å². The van der Waals surface area contributed by atoms with Crippen molar-refractivity contribution < 1.29 is 19.4 Å². The van der Waals surface area contributed by atoms with Gasteiger partial charge in [0.25, 0.3) is 0 Å². The van der Waals surface area contributed by atoms with E-state index in [4.69, 9.17) is 14.6 Å². The summed E-state index contributed by atoms with van der Waals surface area (Å²) in [5.74, 6) is 0.721. The van der Waals surface area contributed by atoms with E-state index in [1.807, 2.05) is 12.2 Å². The van der Waals surface area contributed by atoms with Crippen LogP contribution in [0.2, 0.25) is 0 Å². The van der Waals surface area contributed by atoms with E-state index in [9.17, 15) is 4.79 Å². The van der Waals surface area contributed by atoms with E-state index in [-0.39, 0.29) is 0 Å². The first-order chi connectivity index (χ1) is 14.7. The average molecular weight is 443 g/mol. The average Bonchev–Trinajstić information content (AvgIpc) is 3.17. The fourth-order valence-corrected chi connectivity index (χ4v) is 4.10. The summed E-state index contributed by atoms with van der Waals surface area (Å²) in [6, 6.07) is 6.62. The molecule has 5 heteroatoms. The maximum absolute atomic E-state index is 10.9. The van der Waals surface area contributed by atoms with Gasteiger partial charge in [-0.3, -0.25) is 0 Å². The van der Waals surface area contributed by atoms with Gasteiger partial charge in [0.05, 0.1) is 6.61 Å². The summed E-state index contributed by atoms with van der Waals surface area (Å²) in [6.45, 7) is 11.8. The van der Waals surface area contributed by atoms with E-state index in [2.05, 4.69) is 51.3 Å². The van der Waals surface area contributed by atoms with Crippen LogP contribution >= 0.6 is 11.3 Å². The molecule has 0 aliphatic heterocycles. The SMILES string of the molecule is COCCCOc1c(-c2ccsc2/C=C/C(C)=C/C(=O)O)cc(C(C)C)cc1C(C)C. The number of ether oxygens (including phenoxy) is 2. The summed E-state index contributed by atoms with van der Waals surface area (Å²) in [6.07, 6.45) is 5.87. The topological polar surface area (TPSA) is 55.8 Å². The monoisotopic (exact) mass is 442 g/mol. The molecule has 4 nitrogen and oxygen atoms in total. The lowest BCUT2D eigenvalue weighted by Gasteiger charge is -2.21. The van der Waals surface area contributed by atoms with Crippen LogP contribution in [0.5, 0.6) is 5.75 Å². The lowest BCUT2D eigenvalue weighted by atomic mass is 9.89. The van der Waals surface area contributed by atoms with Gasteiger partial charge in [-0.2, -0.15) is 0 Å². The van der Waals surface area contributed by atoms with Gasteiger partial charge >= 0.3 is 5.97 Å². The number of rotatable bonds is 11. The minimum atomic E-state index is -0.938. The molecule has 0 saturated carbocycles. The Morgan fingerprint density at radius 1 is 1.13 bits per heavy atom. The van der Waals surface area contributed by atoms with Gasteiger partial charge in [-0.25, -0.2) is 4.79 Å². The number of thiophene rings is 1. The van der Waals surface area contributed by atoms with E-state index >= 15 is 0 Å². The van der Waals surface area contributed by atoms with Crippen molar-refractivity contribution >= 4 is 23.4 Å². The molecule has 31 heavy (non-hydrogen) atoms. The van der Waals surface area contributed by atoms with Gasteiger partial charge < -0.3 is 14.6 Å². The highest BCUT2D eigenvalue weighted by Gasteiger charge is 2.19. The second kappa shape index (κ2) is 11.9. The molecule has 0 unspecified atom stereocenters. The van der Waals surface area contributed by atoms with Crippen LogP contribution in [0.25, 0.3) is 17.2 Å². The second-order valence-electron chi connectivity index (χ2n) is 8.25. The Bertz CT molecular complexity index is 935. The summed E-state index contributed by atoms with van der Waals surface area (Å²) < 4.78 is 11.5. The summed E-state index contributed by atoms with van der Waals surface area (Å²) in [5.41, 5.74) is 5.39. The summed E-state index contributed by atoms with van der Waals surface area (Å²) in [5, 5.41) is 11.0. The van der Waals surface area contributed by atoms with Gasteiger partial charge in [-0.05, 0) is 59.0 Å². The van der Waals surface area contributed by atoms with Gasteiger partial charge in [0, 0.05) is 42.2 Å². The van der Waals surface area contributed by atoms with Crippen LogP contribution in [0.3, 0.4) is 0 Å². The number of carboxylic acids is 1. The zero-order chi connectivity index (χ0) is 23.0. The van der Waals surface area contributed by atoms with Crippen LogP contribution in [0.1, 0.15) is 68.9 Å². The number of carboxylic acid groups (broad SMARTS) is 1. The molecule has 0 atom stereocenters. The van der Waals surface area contributed by atoms with E-state index in [0.29, 0.717) is 30.6 Å². The third kappa shape index (κ3) is 7.08. The molecule has 2 rings (SSSR count). The molecule has 0 radical (unpaired) electrons. The number of hydrogen-bond acceptors (Lipinski definition) is 4.